The summed E-state index contributed by atoms with van der Waals surface area (Å²) in [6.07, 6.45) is 1.54. The average molecular weight is 367 g/mol. The Balaban J connectivity index is 2.12. The first-order valence-electron chi connectivity index (χ1n) is 8.24. The number of nitrogens with one attached hydrogen (secondary N) is 1. The molecule has 1 heterocycles. The van der Waals surface area contributed by atoms with Crippen molar-refractivity contribution >= 4 is 34.7 Å². The molecule has 4 nitrogen and oxygen atoms in total. The smallest absolute Gasteiger partial charge is 0.278 e. The third-order valence-electron chi connectivity index (χ3n) is 4.35. The molecule has 0 saturated heterocycles. The molecule has 0 spiro atoms. The predicted octanol–water partition coefficient (Wildman–Crippen LogP) is 4.33. The summed E-state index contributed by atoms with van der Waals surface area (Å²) in [5.74, 6) is -0.703. The van der Waals surface area contributed by atoms with Gasteiger partial charge in [-0.1, -0.05) is 53.6 Å². The highest BCUT2D eigenvalue weighted by atomic mass is 35.5. The molecule has 0 radical (unpaired) electrons. The lowest BCUT2D eigenvalue weighted by molar-refractivity contribution is -0.136. The van der Waals surface area contributed by atoms with Crippen LogP contribution in [0.15, 0.2) is 60.8 Å². The van der Waals surface area contributed by atoms with Crippen LogP contribution in [0.5, 0.6) is 0 Å². The van der Waals surface area contributed by atoms with Gasteiger partial charge in [-0.05, 0) is 37.1 Å². The highest BCUT2D eigenvalue weighted by Crippen LogP contribution is 2.32. The molecule has 132 valence electrons. The van der Waals surface area contributed by atoms with E-state index in [2.05, 4.69) is 11.9 Å². The number of rotatable bonds is 5. The summed E-state index contributed by atoms with van der Waals surface area (Å²) in [5, 5.41) is 3.72. The number of benzene rings is 2. The van der Waals surface area contributed by atoms with Crippen molar-refractivity contribution in [3.63, 3.8) is 0 Å². The van der Waals surface area contributed by atoms with Crippen LogP contribution in [0.25, 0.3) is 5.57 Å². The van der Waals surface area contributed by atoms with Gasteiger partial charge in [-0.2, -0.15) is 0 Å². The molecule has 26 heavy (non-hydrogen) atoms. The summed E-state index contributed by atoms with van der Waals surface area (Å²) in [4.78, 5) is 26.9. The molecule has 2 amide bonds. The Morgan fingerprint density at radius 2 is 1.77 bits per heavy atom. The number of hydrogen-bond acceptors (Lipinski definition) is 3. The molecule has 1 N–H and O–H groups in total. The number of hydrogen-bond donors (Lipinski definition) is 1. The molecule has 0 aliphatic carbocycles. The summed E-state index contributed by atoms with van der Waals surface area (Å²) in [7, 11) is 0. The monoisotopic (exact) mass is 366 g/mol. The number of amides is 2. The molecule has 0 atom stereocenters. The fourth-order valence-corrected chi connectivity index (χ4v) is 3.03. The minimum atomic E-state index is -0.371. The van der Waals surface area contributed by atoms with Crippen molar-refractivity contribution in [3.05, 3.63) is 82.5 Å². The maximum atomic E-state index is 12.9. The lowest BCUT2D eigenvalue weighted by atomic mass is 10.0. The quantitative estimate of drug-likeness (QED) is 0.632. The molecular formula is C21H19ClN2O2. The predicted molar refractivity (Wildman–Crippen MR) is 105 cm³/mol. The number of halogens is 1. The average Bonchev–Trinajstić information content (AvgIpc) is 2.85. The summed E-state index contributed by atoms with van der Waals surface area (Å²) in [6.45, 7) is 7.63. The lowest BCUT2D eigenvalue weighted by Gasteiger charge is -2.13. The Labute approximate surface area is 157 Å². The van der Waals surface area contributed by atoms with Gasteiger partial charge in [0.05, 0.1) is 5.57 Å². The number of anilines is 1. The molecule has 0 aromatic heterocycles. The zero-order valence-electron chi connectivity index (χ0n) is 14.7. The molecule has 0 unspecified atom stereocenters. The van der Waals surface area contributed by atoms with Gasteiger partial charge in [-0.25, -0.2) is 0 Å². The normalized spacial score (nSPS) is 14.2. The van der Waals surface area contributed by atoms with Crippen LogP contribution in [0.1, 0.15) is 16.7 Å². The van der Waals surface area contributed by atoms with E-state index in [1.807, 2.05) is 44.2 Å². The molecule has 3 rings (SSSR count). The molecule has 1 aliphatic rings. The maximum Gasteiger partial charge on any atom is 0.278 e. The number of imide groups is 1. The first-order valence-corrected chi connectivity index (χ1v) is 8.62. The molecule has 2 aromatic carbocycles. The van der Waals surface area contributed by atoms with E-state index >= 15 is 0 Å². The van der Waals surface area contributed by atoms with Crippen molar-refractivity contribution in [2.24, 2.45) is 0 Å². The van der Waals surface area contributed by atoms with E-state index in [1.54, 1.807) is 12.1 Å². The standard InChI is InChI=1S/C21H19ClN2O2/c1-4-12-24-20(25)18(15-10-8-13(2)9-11-15)19(21(24)26)23-17-7-5-6-16(22)14(17)3/h4-11,23H,1,12H2,2-3H3. The van der Waals surface area contributed by atoms with Crippen LogP contribution < -0.4 is 5.32 Å². The first-order chi connectivity index (χ1) is 12.4. The second-order valence-electron chi connectivity index (χ2n) is 6.16. The Morgan fingerprint density at radius 3 is 2.42 bits per heavy atom. The zero-order chi connectivity index (χ0) is 18.8. The van der Waals surface area contributed by atoms with Crippen molar-refractivity contribution in [1.82, 2.24) is 4.90 Å². The molecular weight excluding hydrogens is 348 g/mol. The van der Waals surface area contributed by atoms with E-state index in [0.29, 0.717) is 21.8 Å². The highest BCUT2D eigenvalue weighted by Gasteiger charge is 2.38. The van der Waals surface area contributed by atoms with Gasteiger partial charge in [-0.3, -0.25) is 14.5 Å². The summed E-state index contributed by atoms with van der Waals surface area (Å²) < 4.78 is 0. The van der Waals surface area contributed by atoms with E-state index in [0.717, 1.165) is 11.1 Å². The second kappa shape index (κ2) is 7.18. The van der Waals surface area contributed by atoms with E-state index in [4.69, 9.17) is 11.6 Å². The third kappa shape index (κ3) is 3.16. The third-order valence-corrected chi connectivity index (χ3v) is 4.76. The fourth-order valence-electron chi connectivity index (χ4n) is 2.85. The summed E-state index contributed by atoms with van der Waals surface area (Å²) in [6, 6.07) is 12.9. The van der Waals surface area contributed by atoms with Crippen molar-refractivity contribution in [3.8, 4) is 0 Å². The highest BCUT2D eigenvalue weighted by molar-refractivity contribution is 6.36. The molecule has 5 heteroatoms. The number of aryl methyl sites for hydroxylation is 1. The van der Waals surface area contributed by atoms with E-state index < -0.39 is 0 Å². The second-order valence-corrected chi connectivity index (χ2v) is 6.57. The van der Waals surface area contributed by atoms with Gasteiger partial charge in [-0.15, -0.1) is 6.58 Å². The van der Waals surface area contributed by atoms with E-state index in [-0.39, 0.29) is 24.1 Å². The van der Waals surface area contributed by atoms with E-state index in [9.17, 15) is 9.59 Å². The largest absolute Gasteiger partial charge is 0.350 e. The Bertz CT molecular complexity index is 930. The fraction of sp³-hybridized carbons (Fsp3) is 0.143. The van der Waals surface area contributed by atoms with Gasteiger partial charge in [0.1, 0.15) is 5.70 Å². The maximum absolute atomic E-state index is 12.9. The van der Waals surface area contributed by atoms with Crippen LogP contribution in [0, 0.1) is 13.8 Å². The van der Waals surface area contributed by atoms with Crippen molar-refractivity contribution in [2.45, 2.75) is 13.8 Å². The van der Waals surface area contributed by atoms with Crippen molar-refractivity contribution in [2.75, 3.05) is 11.9 Å². The topological polar surface area (TPSA) is 49.4 Å². The van der Waals surface area contributed by atoms with Crippen LogP contribution in [0.3, 0.4) is 0 Å². The van der Waals surface area contributed by atoms with Gasteiger partial charge >= 0.3 is 0 Å². The van der Waals surface area contributed by atoms with Crippen molar-refractivity contribution in [1.29, 1.82) is 0 Å². The summed E-state index contributed by atoms with van der Waals surface area (Å²) in [5.41, 5.74) is 3.89. The Morgan fingerprint density at radius 1 is 1.08 bits per heavy atom. The molecule has 0 fully saturated rings. The number of carbonyl (C=O) groups excluding carboxylic acids is 2. The molecule has 0 saturated carbocycles. The van der Waals surface area contributed by atoms with Gasteiger partial charge in [0.25, 0.3) is 11.8 Å². The van der Waals surface area contributed by atoms with Crippen LogP contribution in [-0.4, -0.2) is 23.3 Å². The Kier molecular flexibility index (Phi) is 4.96. The molecule has 2 aromatic rings. The zero-order valence-corrected chi connectivity index (χ0v) is 15.4. The number of nitrogens with zero attached hydrogens (tertiary/aromatic N) is 1. The van der Waals surface area contributed by atoms with Crippen LogP contribution in [-0.2, 0) is 9.59 Å². The van der Waals surface area contributed by atoms with Gasteiger partial charge in [0.2, 0.25) is 0 Å². The number of carbonyl (C=O) groups is 2. The minimum absolute atomic E-state index is 0.159. The van der Waals surface area contributed by atoms with Crippen LogP contribution in [0.4, 0.5) is 5.69 Å². The van der Waals surface area contributed by atoms with Crippen LogP contribution in [0.2, 0.25) is 5.02 Å². The minimum Gasteiger partial charge on any atom is -0.350 e. The van der Waals surface area contributed by atoms with E-state index in [1.165, 1.54) is 11.0 Å². The first kappa shape index (κ1) is 18.0. The molecule has 1 aliphatic heterocycles. The van der Waals surface area contributed by atoms with Gasteiger partial charge in [0, 0.05) is 17.3 Å². The summed E-state index contributed by atoms with van der Waals surface area (Å²) >= 11 is 6.18. The lowest BCUT2D eigenvalue weighted by Crippen LogP contribution is -2.32. The SMILES string of the molecule is C=CCN1C(=O)C(Nc2cccc(Cl)c2C)=C(c2ccc(C)cc2)C1=O. The van der Waals surface area contributed by atoms with Crippen molar-refractivity contribution < 1.29 is 9.59 Å². The van der Waals surface area contributed by atoms with Crippen LogP contribution >= 0.6 is 11.6 Å². The van der Waals surface area contributed by atoms with Gasteiger partial charge < -0.3 is 5.32 Å². The molecule has 0 bridgehead atoms. The Hall–Kier alpha value is -2.85. The van der Waals surface area contributed by atoms with Gasteiger partial charge in [0.15, 0.2) is 0 Å².